The van der Waals surface area contributed by atoms with Gasteiger partial charge in [0.1, 0.15) is 11.6 Å². The first-order valence-corrected chi connectivity index (χ1v) is 6.39. The zero-order valence-electron chi connectivity index (χ0n) is 10.8. The summed E-state index contributed by atoms with van der Waals surface area (Å²) in [4.78, 5) is 0. The van der Waals surface area contributed by atoms with Crippen LogP contribution in [-0.2, 0) is 0 Å². The molecule has 0 aliphatic carbocycles. The molecule has 3 aromatic rings. The molecule has 0 fully saturated rings. The van der Waals surface area contributed by atoms with Gasteiger partial charge in [0.05, 0.1) is 0 Å². The number of aromatic hydroxyl groups is 1. The van der Waals surface area contributed by atoms with E-state index < -0.39 is 0 Å². The minimum Gasteiger partial charge on any atom is -0.507 e. The lowest BCUT2D eigenvalue weighted by Gasteiger charge is -2.11. The fourth-order valence-electron chi connectivity index (χ4n) is 2.31. The van der Waals surface area contributed by atoms with Crippen molar-refractivity contribution in [1.29, 1.82) is 0 Å². The van der Waals surface area contributed by atoms with E-state index in [9.17, 15) is 9.50 Å². The van der Waals surface area contributed by atoms with Crippen LogP contribution in [0.1, 0.15) is 0 Å². The van der Waals surface area contributed by atoms with Gasteiger partial charge in [-0.1, -0.05) is 54.6 Å². The highest BCUT2D eigenvalue weighted by atomic mass is 19.1. The van der Waals surface area contributed by atoms with Gasteiger partial charge >= 0.3 is 0 Å². The van der Waals surface area contributed by atoms with Crippen LogP contribution in [0.3, 0.4) is 0 Å². The molecule has 3 aromatic carbocycles. The monoisotopic (exact) mass is 264 g/mol. The first-order chi connectivity index (χ1) is 9.75. The summed E-state index contributed by atoms with van der Waals surface area (Å²) in [7, 11) is 0. The number of phenolic OH excluding ortho intramolecular Hbond substituents is 1. The molecule has 0 heterocycles. The predicted octanol–water partition coefficient (Wildman–Crippen LogP) is 4.87. The summed E-state index contributed by atoms with van der Waals surface area (Å²) in [5.41, 5.74) is 3.32. The summed E-state index contributed by atoms with van der Waals surface area (Å²) in [5, 5.41) is 9.99. The minimum absolute atomic E-state index is 0.0785. The molecule has 0 saturated carbocycles. The van der Waals surface area contributed by atoms with Gasteiger partial charge in [-0.15, -0.1) is 0 Å². The van der Waals surface area contributed by atoms with Gasteiger partial charge in [0.15, 0.2) is 0 Å². The zero-order valence-corrected chi connectivity index (χ0v) is 10.8. The van der Waals surface area contributed by atoms with Crippen LogP contribution in [-0.4, -0.2) is 5.11 Å². The van der Waals surface area contributed by atoms with Gasteiger partial charge in [-0.2, -0.15) is 0 Å². The van der Waals surface area contributed by atoms with Crippen molar-refractivity contribution in [3.63, 3.8) is 0 Å². The lowest BCUT2D eigenvalue weighted by molar-refractivity contribution is 0.475. The molecule has 3 rings (SSSR count). The van der Waals surface area contributed by atoms with E-state index in [0.29, 0.717) is 5.56 Å². The molecule has 20 heavy (non-hydrogen) atoms. The fraction of sp³-hybridized carbons (Fsp3) is 0. The standard InChI is InChI=1S/C18H13FO/c19-14-10-11-18(20)17(12-14)16-9-5-4-8-15(16)13-6-2-1-3-7-13/h1-12,20H. The molecule has 0 radical (unpaired) electrons. The number of phenols is 1. The first-order valence-electron chi connectivity index (χ1n) is 6.39. The van der Waals surface area contributed by atoms with E-state index >= 15 is 0 Å². The molecular weight excluding hydrogens is 251 g/mol. The molecule has 1 N–H and O–H groups in total. The Kier molecular flexibility index (Phi) is 3.21. The largest absolute Gasteiger partial charge is 0.507 e. The Morgan fingerprint density at radius 2 is 1.30 bits per heavy atom. The molecule has 2 heteroatoms. The topological polar surface area (TPSA) is 20.2 Å². The summed E-state index contributed by atoms with van der Waals surface area (Å²) in [5.74, 6) is -0.282. The van der Waals surface area contributed by atoms with Crippen LogP contribution < -0.4 is 0 Å². The van der Waals surface area contributed by atoms with Crippen molar-refractivity contribution in [2.45, 2.75) is 0 Å². The second-order valence-electron chi connectivity index (χ2n) is 4.57. The van der Waals surface area contributed by atoms with E-state index in [2.05, 4.69) is 0 Å². The second-order valence-corrected chi connectivity index (χ2v) is 4.57. The summed E-state index contributed by atoms with van der Waals surface area (Å²) in [6.07, 6.45) is 0. The molecule has 0 atom stereocenters. The molecule has 0 bridgehead atoms. The van der Waals surface area contributed by atoms with E-state index in [0.717, 1.165) is 16.7 Å². The van der Waals surface area contributed by atoms with Crippen molar-refractivity contribution >= 4 is 0 Å². The molecule has 0 amide bonds. The quantitative estimate of drug-likeness (QED) is 0.700. The first kappa shape index (κ1) is 12.4. The van der Waals surface area contributed by atoms with Crippen LogP contribution >= 0.6 is 0 Å². The predicted molar refractivity (Wildman–Crippen MR) is 78.9 cm³/mol. The van der Waals surface area contributed by atoms with Gasteiger partial charge in [-0.3, -0.25) is 0 Å². The second kappa shape index (κ2) is 5.17. The van der Waals surface area contributed by atoms with Crippen molar-refractivity contribution in [2.24, 2.45) is 0 Å². The lowest BCUT2D eigenvalue weighted by Crippen LogP contribution is -1.86. The van der Waals surface area contributed by atoms with E-state index in [1.807, 2.05) is 54.6 Å². The average molecular weight is 264 g/mol. The number of hydrogen-bond acceptors (Lipinski definition) is 1. The highest BCUT2D eigenvalue weighted by Gasteiger charge is 2.11. The van der Waals surface area contributed by atoms with E-state index in [1.54, 1.807) is 0 Å². The Labute approximate surface area is 117 Å². The molecule has 0 aliphatic rings. The number of benzene rings is 3. The highest BCUT2D eigenvalue weighted by Crippen LogP contribution is 2.36. The Morgan fingerprint density at radius 1 is 0.650 bits per heavy atom. The normalized spacial score (nSPS) is 10.4. The van der Waals surface area contributed by atoms with Crippen LogP contribution in [0.5, 0.6) is 5.75 Å². The van der Waals surface area contributed by atoms with Gasteiger partial charge in [-0.25, -0.2) is 4.39 Å². The van der Waals surface area contributed by atoms with E-state index in [1.165, 1.54) is 18.2 Å². The van der Waals surface area contributed by atoms with Crippen LogP contribution in [0.15, 0.2) is 72.8 Å². The molecule has 0 unspecified atom stereocenters. The molecule has 0 aromatic heterocycles. The fourth-order valence-corrected chi connectivity index (χ4v) is 2.31. The van der Waals surface area contributed by atoms with Crippen molar-refractivity contribution in [2.75, 3.05) is 0 Å². The van der Waals surface area contributed by atoms with Gasteiger partial charge < -0.3 is 5.11 Å². The lowest BCUT2D eigenvalue weighted by atomic mass is 9.94. The third-order valence-electron chi connectivity index (χ3n) is 3.26. The maximum atomic E-state index is 13.5. The molecule has 1 nitrogen and oxygen atoms in total. The molecule has 0 aliphatic heterocycles. The summed E-state index contributed by atoms with van der Waals surface area (Å²) < 4.78 is 13.5. The van der Waals surface area contributed by atoms with E-state index in [-0.39, 0.29) is 11.6 Å². The molecule has 98 valence electrons. The van der Waals surface area contributed by atoms with Crippen molar-refractivity contribution in [3.05, 3.63) is 78.6 Å². The van der Waals surface area contributed by atoms with Crippen molar-refractivity contribution in [1.82, 2.24) is 0 Å². The van der Waals surface area contributed by atoms with Crippen molar-refractivity contribution < 1.29 is 9.50 Å². The van der Waals surface area contributed by atoms with Crippen LogP contribution in [0, 0.1) is 5.82 Å². The maximum Gasteiger partial charge on any atom is 0.124 e. The number of hydrogen-bond donors (Lipinski definition) is 1. The molecular formula is C18H13FO. The Bertz CT molecular complexity index is 735. The number of halogens is 1. The summed E-state index contributed by atoms with van der Waals surface area (Å²) >= 11 is 0. The maximum absolute atomic E-state index is 13.5. The van der Waals surface area contributed by atoms with Crippen molar-refractivity contribution in [3.8, 4) is 28.0 Å². The molecule has 0 saturated heterocycles. The minimum atomic E-state index is -0.360. The third kappa shape index (κ3) is 2.28. The number of rotatable bonds is 2. The third-order valence-corrected chi connectivity index (χ3v) is 3.26. The Balaban J connectivity index is 2.23. The zero-order chi connectivity index (χ0) is 13.9. The van der Waals surface area contributed by atoms with Crippen LogP contribution in [0.25, 0.3) is 22.3 Å². The summed E-state index contributed by atoms with van der Waals surface area (Å²) in [6.45, 7) is 0. The van der Waals surface area contributed by atoms with Gasteiger partial charge in [0.25, 0.3) is 0 Å². The van der Waals surface area contributed by atoms with Gasteiger partial charge in [0, 0.05) is 5.56 Å². The SMILES string of the molecule is Oc1ccc(F)cc1-c1ccccc1-c1ccccc1. The molecule has 0 spiro atoms. The van der Waals surface area contributed by atoms with E-state index in [4.69, 9.17) is 0 Å². The van der Waals surface area contributed by atoms with Gasteiger partial charge in [0.2, 0.25) is 0 Å². The smallest absolute Gasteiger partial charge is 0.124 e. The van der Waals surface area contributed by atoms with Gasteiger partial charge in [-0.05, 0) is 34.9 Å². The Morgan fingerprint density at radius 3 is 2.05 bits per heavy atom. The Hall–Kier alpha value is -2.61. The summed E-state index contributed by atoms with van der Waals surface area (Å²) in [6, 6.07) is 21.5. The van der Waals surface area contributed by atoms with Crippen LogP contribution in [0.2, 0.25) is 0 Å². The highest BCUT2D eigenvalue weighted by molar-refractivity contribution is 5.85. The van der Waals surface area contributed by atoms with Crippen LogP contribution in [0.4, 0.5) is 4.39 Å². The average Bonchev–Trinajstić information content (AvgIpc) is 2.51.